The van der Waals surface area contributed by atoms with Crippen LogP contribution in [0.3, 0.4) is 0 Å². The van der Waals surface area contributed by atoms with Crippen molar-refractivity contribution in [2.75, 3.05) is 26.7 Å². The fourth-order valence-electron chi connectivity index (χ4n) is 3.80. The fourth-order valence-corrected chi connectivity index (χ4v) is 3.80. The summed E-state index contributed by atoms with van der Waals surface area (Å²) in [6, 6.07) is 6.09. The molecule has 2 aliphatic rings. The molecule has 1 aromatic rings. The lowest BCUT2D eigenvalue weighted by atomic mass is 9.86. The molecule has 0 radical (unpaired) electrons. The highest BCUT2D eigenvalue weighted by Crippen LogP contribution is 2.41. The average Bonchev–Trinajstić information content (AvgIpc) is 2.59. The summed E-state index contributed by atoms with van der Waals surface area (Å²) in [6.45, 7) is 7.33. The number of fused-ring (bicyclic) bond motifs is 3. The monoisotopic (exact) mass is 342 g/mol. The number of carbonyl (C=O) groups is 2. The second kappa shape index (κ2) is 7.30. The Morgan fingerprint density at radius 3 is 3.00 bits per heavy atom. The van der Waals surface area contributed by atoms with Gasteiger partial charge in [0.15, 0.2) is 0 Å². The van der Waals surface area contributed by atoms with E-state index in [1.54, 1.807) is 11.0 Å². The van der Waals surface area contributed by atoms with E-state index >= 15 is 0 Å². The Labute approximate surface area is 149 Å². The van der Waals surface area contributed by atoms with Gasteiger partial charge in [-0.3, -0.25) is 9.59 Å². The van der Waals surface area contributed by atoms with Crippen LogP contribution in [0.15, 0.2) is 30.9 Å². The number of allylic oxidation sites excluding steroid dienone is 1. The van der Waals surface area contributed by atoms with Gasteiger partial charge in [0.05, 0.1) is 12.6 Å². The molecule has 2 atom stereocenters. The van der Waals surface area contributed by atoms with Gasteiger partial charge in [-0.1, -0.05) is 23.8 Å². The number of nitrogens with zero attached hydrogens (tertiary/aromatic N) is 2. The van der Waals surface area contributed by atoms with Crippen molar-refractivity contribution in [2.45, 2.75) is 32.2 Å². The van der Waals surface area contributed by atoms with Crippen molar-refractivity contribution in [3.05, 3.63) is 42.0 Å². The topological polar surface area (TPSA) is 49.9 Å². The molecule has 2 amide bonds. The number of hydrogen-bond acceptors (Lipinski definition) is 3. The molecule has 0 saturated carbocycles. The molecule has 2 aliphatic heterocycles. The molecule has 0 bridgehead atoms. The summed E-state index contributed by atoms with van der Waals surface area (Å²) in [4.78, 5) is 28.8. The molecular weight excluding hydrogens is 316 g/mol. The Balaban J connectivity index is 2.00. The predicted octanol–water partition coefficient (Wildman–Crippen LogP) is 2.70. The lowest BCUT2D eigenvalue weighted by Gasteiger charge is -2.44. The van der Waals surface area contributed by atoms with E-state index in [-0.39, 0.29) is 23.8 Å². The van der Waals surface area contributed by atoms with Gasteiger partial charge < -0.3 is 14.5 Å². The second-order valence-electron chi connectivity index (χ2n) is 7.00. The molecule has 5 heteroatoms. The molecule has 0 unspecified atom stereocenters. The number of benzene rings is 1. The van der Waals surface area contributed by atoms with Crippen LogP contribution in [-0.2, 0) is 9.59 Å². The van der Waals surface area contributed by atoms with Crippen LogP contribution >= 0.6 is 0 Å². The van der Waals surface area contributed by atoms with Gasteiger partial charge in [-0.25, -0.2) is 0 Å². The summed E-state index contributed by atoms with van der Waals surface area (Å²) in [5.74, 6) is 1.09. The van der Waals surface area contributed by atoms with E-state index in [1.807, 2.05) is 31.0 Å². The molecule has 3 rings (SSSR count). The molecule has 5 nitrogen and oxygen atoms in total. The van der Waals surface area contributed by atoms with E-state index in [1.165, 1.54) is 0 Å². The van der Waals surface area contributed by atoms with Crippen molar-refractivity contribution in [1.82, 2.24) is 9.80 Å². The van der Waals surface area contributed by atoms with Crippen molar-refractivity contribution in [3.8, 4) is 5.75 Å². The first-order chi connectivity index (χ1) is 12.0. The quantitative estimate of drug-likeness (QED) is 0.794. The number of hydrogen-bond donors (Lipinski definition) is 0. The minimum absolute atomic E-state index is 0.0449. The Hall–Kier alpha value is -2.30. The van der Waals surface area contributed by atoms with Crippen LogP contribution in [0, 0.1) is 12.8 Å². The summed E-state index contributed by atoms with van der Waals surface area (Å²) in [6.07, 6.45) is 3.21. The van der Waals surface area contributed by atoms with Crippen molar-refractivity contribution in [1.29, 1.82) is 0 Å². The van der Waals surface area contributed by atoms with Gasteiger partial charge in [0, 0.05) is 44.5 Å². The van der Waals surface area contributed by atoms with Gasteiger partial charge in [-0.05, 0) is 19.4 Å². The Bertz CT molecular complexity index is 686. The standard InChI is InChI=1S/C20H26N2O3/c1-4-5-6-19(24)22-10-9-18(23)21(3)12-15-13-25-17-8-7-14(2)11-16(17)20(15)22/h4,7-8,11,15,20H,1,5-6,9-10,12-13H2,2-3H3/t15-,20-/m0/s1. The van der Waals surface area contributed by atoms with Crippen LogP contribution in [0.5, 0.6) is 5.75 Å². The number of carbonyl (C=O) groups excluding carboxylic acids is 2. The zero-order valence-electron chi connectivity index (χ0n) is 15.0. The lowest BCUT2D eigenvalue weighted by Crippen LogP contribution is -2.50. The third-order valence-corrected chi connectivity index (χ3v) is 5.10. The first-order valence-electron chi connectivity index (χ1n) is 8.89. The Kier molecular flexibility index (Phi) is 5.11. The van der Waals surface area contributed by atoms with E-state index in [0.29, 0.717) is 39.0 Å². The Morgan fingerprint density at radius 2 is 2.24 bits per heavy atom. The highest BCUT2D eigenvalue weighted by molar-refractivity contribution is 5.80. The van der Waals surface area contributed by atoms with Crippen LogP contribution in [-0.4, -0.2) is 48.4 Å². The minimum Gasteiger partial charge on any atom is -0.493 e. The molecule has 1 fully saturated rings. The Morgan fingerprint density at radius 1 is 1.44 bits per heavy atom. The fraction of sp³-hybridized carbons (Fsp3) is 0.500. The van der Waals surface area contributed by atoms with Crippen LogP contribution in [0.2, 0.25) is 0 Å². The highest BCUT2D eigenvalue weighted by Gasteiger charge is 2.40. The zero-order chi connectivity index (χ0) is 18.0. The van der Waals surface area contributed by atoms with Crippen molar-refractivity contribution in [3.63, 3.8) is 0 Å². The molecule has 1 saturated heterocycles. The second-order valence-corrected chi connectivity index (χ2v) is 7.00. The summed E-state index contributed by atoms with van der Waals surface area (Å²) in [7, 11) is 1.83. The number of amides is 2. The van der Waals surface area contributed by atoms with E-state index < -0.39 is 0 Å². The number of ether oxygens (including phenoxy) is 1. The molecule has 25 heavy (non-hydrogen) atoms. The first kappa shape index (κ1) is 17.5. The van der Waals surface area contributed by atoms with E-state index in [0.717, 1.165) is 16.9 Å². The third-order valence-electron chi connectivity index (χ3n) is 5.10. The van der Waals surface area contributed by atoms with Gasteiger partial charge in [0.1, 0.15) is 5.75 Å². The number of rotatable bonds is 3. The third kappa shape index (κ3) is 3.55. The van der Waals surface area contributed by atoms with Crippen molar-refractivity contribution < 1.29 is 14.3 Å². The van der Waals surface area contributed by atoms with E-state index in [2.05, 4.69) is 12.6 Å². The molecule has 0 aromatic heterocycles. The lowest BCUT2D eigenvalue weighted by molar-refractivity contribution is -0.141. The SMILES string of the molecule is C=CCCC(=O)N1CCC(=O)N(C)C[C@H]2COc3ccc(C)cc3[C@H]21. The smallest absolute Gasteiger partial charge is 0.224 e. The van der Waals surface area contributed by atoms with E-state index in [9.17, 15) is 9.59 Å². The van der Waals surface area contributed by atoms with Crippen molar-refractivity contribution in [2.24, 2.45) is 5.92 Å². The van der Waals surface area contributed by atoms with Gasteiger partial charge >= 0.3 is 0 Å². The maximum atomic E-state index is 12.9. The van der Waals surface area contributed by atoms with Crippen LogP contribution in [0.1, 0.15) is 36.4 Å². The molecule has 1 aromatic carbocycles. The highest BCUT2D eigenvalue weighted by atomic mass is 16.5. The maximum absolute atomic E-state index is 12.9. The predicted molar refractivity (Wildman–Crippen MR) is 96.3 cm³/mol. The minimum atomic E-state index is -0.0449. The van der Waals surface area contributed by atoms with Gasteiger partial charge in [0.25, 0.3) is 0 Å². The van der Waals surface area contributed by atoms with Gasteiger partial charge in [0.2, 0.25) is 11.8 Å². The summed E-state index contributed by atoms with van der Waals surface area (Å²) in [5, 5.41) is 0. The molecule has 2 heterocycles. The van der Waals surface area contributed by atoms with Crippen molar-refractivity contribution >= 4 is 11.8 Å². The summed E-state index contributed by atoms with van der Waals surface area (Å²) in [5.41, 5.74) is 2.21. The maximum Gasteiger partial charge on any atom is 0.224 e. The molecule has 0 spiro atoms. The largest absolute Gasteiger partial charge is 0.493 e. The molecular formula is C20H26N2O3. The van der Waals surface area contributed by atoms with Gasteiger partial charge in [-0.15, -0.1) is 6.58 Å². The molecule has 0 aliphatic carbocycles. The van der Waals surface area contributed by atoms with Crippen LogP contribution in [0.25, 0.3) is 0 Å². The normalized spacial score (nSPS) is 23.0. The molecule has 0 N–H and O–H groups in total. The molecule has 134 valence electrons. The summed E-state index contributed by atoms with van der Waals surface area (Å²) < 4.78 is 5.94. The average molecular weight is 342 g/mol. The zero-order valence-corrected chi connectivity index (χ0v) is 15.0. The number of aryl methyl sites for hydroxylation is 1. The summed E-state index contributed by atoms with van der Waals surface area (Å²) >= 11 is 0. The van der Waals surface area contributed by atoms with Crippen LogP contribution < -0.4 is 4.74 Å². The van der Waals surface area contributed by atoms with Gasteiger partial charge in [-0.2, -0.15) is 0 Å². The van der Waals surface area contributed by atoms with E-state index in [4.69, 9.17) is 4.74 Å². The first-order valence-corrected chi connectivity index (χ1v) is 8.89. The van der Waals surface area contributed by atoms with Crippen LogP contribution in [0.4, 0.5) is 0 Å².